The summed E-state index contributed by atoms with van der Waals surface area (Å²) in [6.07, 6.45) is -1.06. The summed E-state index contributed by atoms with van der Waals surface area (Å²) in [6, 6.07) is 7.77. The fourth-order valence-corrected chi connectivity index (χ4v) is 2.10. The third kappa shape index (κ3) is 3.45. The molecule has 0 saturated heterocycles. The fraction of sp³-hybridized carbons (Fsp3) is 0.462. The number of hydrogen-bond donors (Lipinski definition) is 2. The van der Waals surface area contributed by atoms with Gasteiger partial charge in [0, 0.05) is 25.2 Å². The Labute approximate surface area is 106 Å². The molecule has 2 N–H and O–H groups in total. The molecule has 1 atom stereocenters. The summed E-state index contributed by atoms with van der Waals surface area (Å²) in [5.74, 6) is -0.110. The van der Waals surface area contributed by atoms with Crippen molar-refractivity contribution >= 4 is 5.97 Å². The number of aliphatic hydroxyl groups excluding tert-OH is 1. The van der Waals surface area contributed by atoms with Crippen LogP contribution < -0.4 is 4.74 Å². The molecule has 0 radical (unpaired) electrons. The molecular weight excluding hydrogens is 234 g/mol. The number of β-amino-alcohol motifs (C(OH)–C–C–N with tert-alkyl or cyclic N) is 1. The van der Waals surface area contributed by atoms with Crippen molar-refractivity contribution in [2.75, 3.05) is 19.7 Å². The van der Waals surface area contributed by atoms with Crippen LogP contribution in [-0.2, 0) is 11.3 Å². The molecule has 0 fully saturated rings. The van der Waals surface area contributed by atoms with Crippen molar-refractivity contribution in [3.05, 3.63) is 29.8 Å². The average Bonchev–Trinajstić information content (AvgIpc) is 2.49. The van der Waals surface area contributed by atoms with Gasteiger partial charge in [0.25, 0.3) is 0 Å². The molecule has 1 aromatic rings. The van der Waals surface area contributed by atoms with E-state index >= 15 is 0 Å². The highest BCUT2D eigenvalue weighted by molar-refractivity contribution is 5.67. The van der Waals surface area contributed by atoms with Crippen LogP contribution in [0.25, 0.3) is 0 Å². The number of carbonyl (C=O) groups is 1. The van der Waals surface area contributed by atoms with Gasteiger partial charge in [0.15, 0.2) is 0 Å². The molecule has 1 aliphatic rings. The van der Waals surface area contributed by atoms with E-state index in [9.17, 15) is 9.90 Å². The van der Waals surface area contributed by atoms with Crippen LogP contribution in [0.3, 0.4) is 0 Å². The van der Waals surface area contributed by atoms with E-state index in [1.807, 2.05) is 29.2 Å². The van der Waals surface area contributed by atoms with E-state index in [4.69, 9.17) is 9.84 Å². The first kappa shape index (κ1) is 12.9. The van der Waals surface area contributed by atoms with Gasteiger partial charge >= 0.3 is 5.97 Å². The average molecular weight is 251 g/mol. The van der Waals surface area contributed by atoms with Gasteiger partial charge < -0.3 is 14.9 Å². The van der Waals surface area contributed by atoms with Crippen LogP contribution in [-0.4, -0.2) is 46.9 Å². The second-order valence-corrected chi connectivity index (χ2v) is 4.44. The molecule has 5 heteroatoms. The minimum atomic E-state index is -0.978. The third-order valence-corrected chi connectivity index (χ3v) is 2.91. The molecule has 18 heavy (non-hydrogen) atoms. The summed E-state index contributed by atoms with van der Waals surface area (Å²) in [7, 11) is 0. The first-order valence-corrected chi connectivity index (χ1v) is 5.98. The lowest BCUT2D eigenvalue weighted by Crippen LogP contribution is -2.34. The number of fused-ring (bicyclic) bond motifs is 1. The largest absolute Gasteiger partial charge is 0.492 e. The summed E-state index contributed by atoms with van der Waals surface area (Å²) in [5, 5.41) is 18.3. The van der Waals surface area contributed by atoms with Gasteiger partial charge in [-0.15, -0.1) is 0 Å². The van der Waals surface area contributed by atoms with Crippen molar-refractivity contribution < 1.29 is 19.7 Å². The molecule has 1 aliphatic heterocycles. The summed E-state index contributed by atoms with van der Waals surface area (Å²) in [4.78, 5) is 12.5. The Balaban J connectivity index is 1.97. The number of carboxylic acid groups (broad SMARTS) is 1. The van der Waals surface area contributed by atoms with Crippen molar-refractivity contribution in [1.82, 2.24) is 4.90 Å². The second kappa shape index (κ2) is 5.84. The molecule has 0 aliphatic carbocycles. The highest BCUT2D eigenvalue weighted by Crippen LogP contribution is 2.22. The summed E-state index contributed by atoms with van der Waals surface area (Å²) in [6.45, 7) is 2.26. The lowest BCUT2D eigenvalue weighted by Gasteiger charge is -2.21. The van der Waals surface area contributed by atoms with Gasteiger partial charge in [0.05, 0.1) is 12.5 Å². The van der Waals surface area contributed by atoms with E-state index in [2.05, 4.69) is 0 Å². The van der Waals surface area contributed by atoms with Gasteiger partial charge in [-0.2, -0.15) is 0 Å². The van der Waals surface area contributed by atoms with E-state index in [0.717, 1.165) is 11.3 Å². The smallest absolute Gasteiger partial charge is 0.306 e. The molecule has 0 bridgehead atoms. The SMILES string of the molecule is O=C(O)CC(O)CN1CCOc2ccccc2C1. The van der Waals surface area contributed by atoms with Gasteiger partial charge in [0.1, 0.15) is 12.4 Å². The number of hydrogen-bond acceptors (Lipinski definition) is 4. The molecule has 1 aromatic carbocycles. The first-order valence-electron chi connectivity index (χ1n) is 5.98. The molecule has 0 amide bonds. The minimum Gasteiger partial charge on any atom is -0.492 e. The predicted molar refractivity (Wildman–Crippen MR) is 65.5 cm³/mol. The predicted octanol–water partition coefficient (Wildman–Crippen LogP) is 0.717. The minimum absolute atomic E-state index is 0.223. The van der Waals surface area contributed by atoms with Crippen molar-refractivity contribution in [2.45, 2.75) is 19.1 Å². The van der Waals surface area contributed by atoms with E-state index in [0.29, 0.717) is 26.2 Å². The lowest BCUT2D eigenvalue weighted by atomic mass is 10.1. The molecular formula is C13H17NO4. The Morgan fingerprint density at radius 2 is 2.22 bits per heavy atom. The zero-order valence-corrected chi connectivity index (χ0v) is 10.1. The van der Waals surface area contributed by atoms with Crippen molar-refractivity contribution in [2.24, 2.45) is 0 Å². The van der Waals surface area contributed by atoms with E-state index in [1.54, 1.807) is 0 Å². The highest BCUT2D eigenvalue weighted by atomic mass is 16.5. The zero-order valence-electron chi connectivity index (χ0n) is 10.1. The molecule has 1 unspecified atom stereocenters. The summed E-state index contributed by atoms with van der Waals surface area (Å²) in [5.41, 5.74) is 1.07. The van der Waals surface area contributed by atoms with Gasteiger partial charge in [-0.05, 0) is 6.07 Å². The molecule has 0 saturated carbocycles. The molecule has 0 aromatic heterocycles. The number of aliphatic hydroxyl groups is 1. The standard InChI is InChI=1S/C13H17NO4/c15-11(7-13(16)17)9-14-5-6-18-12-4-2-1-3-10(12)8-14/h1-4,11,15H,5-9H2,(H,16,17). The quantitative estimate of drug-likeness (QED) is 0.825. The Morgan fingerprint density at radius 1 is 1.44 bits per heavy atom. The van der Waals surface area contributed by atoms with Crippen molar-refractivity contribution in [3.63, 3.8) is 0 Å². The normalized spacial score (nSPS) is 17.4. The summed E-state index contributed by atoms with van der Waals surface area (Å²) >= 11 is 0. The molecule has 5 nitrogen and oxygen atoms in total. The first-order chi connectivity index (χ1) is 8.65. The van der Waals surface area contributed by atoms with E-state index in [-0.39, 0.29) is 6.42 Å². The maximum atomic E-state index is 10.5. The molecule has 1 heterocycles. The Bertz CT molecular complexity index is 421. The van der Waals surface area contributed by atoms with Crippen LogP contribution in [0.1, 0.15) is 12.0 Å². The van der Waals surface area contributed by atoms with Crippen molar-refractivity contribution in [3.8, 4) is 5.75 Å². The van der Waals surface area contributed by atoms with Gasteiger partial charge in [-0.25, -0.2) is 0 Å². The van der Waals surface area contributed by atoms with Crippen LogP contribution in [0, 0.1) is 0 Å². The Hall–Kier alpha value is -1.59. The highest BCUT2D eigenvalue weighted by Gasteiger charge is 2.18. The van der Waals surface area contributed by atoms with Crippen LogP contribution >= 0.6 is 0 Å². The van der Waals surface area contributed by atoms with Gasteiger partial charge in [-0.1, -0.05) is 18.2 Å². The monoisotopic (exact) mass is 251 g/mol. The maximum absolute atomic E-state index is 10.5. The topological polar surface area (TPSA) is 70.0 Å². The molecule has 2 rings (SSSR count). The Kier molecular flexibility index (Phi) is 4.17. The molecule has 98 valence electrons. The van der Waals surface area contributed by atoms with E-state index in [1.165, 1.54) is 0 Å². The van der Waals surface area contributed by atoms with Crippen LogP contribution in [0.2, 0.25) is 0 Å². The molecule has 0 spiro atoms. The number of aliphatic carboxylic acids is 1. The number of carboxylic acids is 1. The third-order valence-electron chi connectivity index (χ3n) is 2.91. The van der Waals surface area contributed by atoms with Crippen LogP contribution in [0.4, 0.5) is 0 Å². The zero-order chi connectivity index (χ0) is 13.0. The number of ether oxygens (including phenoxy) is 1. The lowest BCUT2D eigenvalue weighted by molar-refractivity contribution is -0.139. The number of benzene rings is 1. The number of nitrogens with zero attached hydrogens (tertiary/aromatic N) is 1. The van der Waals surface area contributed by atoms with E-state index < -0.39 is 12.1 Å². The number of para-hydroxylation sites is 1. The van der Waals surface area contributed by atoms with Crippen LogP contribution in [0.5, 0.6) is 5.75 Å². The Morgan fingerprint density at radius 3 is 3.00 bits per heavy atom. The second-order valence-electron chi connectivity index (χ2n) is 4.44. The van der Waals surface area contributed by atoms with Crippen molar-refractivity contribution in [1.29, 1.82) is 0 Å². The summed E-state index contributed by atoms with van der Waals surface area (Å²) < 4.78 is 5.60. The van der Waals surface area contributed by atoms with Gasteiger partial charge in [-0.3, -0.25) is 9.69 Å². The van der Waals surface area contributed by atoms with Gasteiger partial charge in [0.2, 0.25) is 0 Å². The maximum Gasteiger partial charge on any atom is 0.306 e. The fourth-order valence-electron chi connectivity index (χ4n) is 2.10. The number of rotatable bonds is 4. The van der Waals surface area contributed by atoms with Crippen LogP contribution in [0.15, 0.2) is 24.3 Å².